The maximum absolute atomic E-state index is 12.0. The van der Waals surface area contributed by atoms with Crippen molar-refractivity contribution >= 4 is 56.3 Å². The van der Waals surface area contributed by atoms with Crippen LogP contribution in [0.2, 0.25) is 0 Å². The topological polar surface area (TPSA) is 112 Å². The SMILES string of the molecule is CCOc1cc(C=NNC(=O)CSc2nnc(N)s2)cc(Br)c1OCCc1ccccc1. The minimum absolute atomic E-state index is 0.161. The van der Waals surface area contributed by atoms with Gasteiger partial charge in [-0.3, -0.25) is 4.79 Å². The monoisotopic (exact) mass is 535 g/mol. The van der Waals surface area contributed by atoms with Gasteiger partial charge in [0.25, 0.3) is 5.91 Å². The second-order valence-corrected chi connectivity index (χ2v) is 9.42. The van der Waals surface area contributed by atoms with Crippen LogP contribution in [-0.4, -0.2) is 41.3 Å². The van der Waals surface area contributed by atoms with Crippen LogP contribution in [0.4, 0.5) is 5.13 Å². The van der Waals surface area contributed by atoms with Gasteiger partial charge in [-0.25, -0.2) is 5.43 Å². The van der Waals surface area contributed by atoms with Gasteiger partial charge in [-0.2, -0.15) is 5.10 Å². The molecular weight excluding hydrogens is 514 g/mol. The molecule has 1 amide bonds. The van der Waals surface area contributed by atoms with Crippen molar-refractivity contribution in [3.05, 3.63) is 58.1 Å². The summed E-state index contributed by atoms with van der Waals surface area (Å²) in [6.45, 7) is 2.92. The Kier molecular flexibility index (Phi) is 9.32. The van der Waals surface area contributed by atoms with Crippen LogP contribution in [0.1, 0.15) is 18.1 Å². The molecule has 0 radical (unpaired) electrons. The van der Waals surface area contributed by atoms with Crippen molar-refractivity contribution in [3.63, 3.8) is 0 Å². The summed E-state index contributed by atoms with van der Waals surface area (Å²) < 4.78 is 13.1. The molecule has 0 fully saturated rings. The number of rotatable bonds is 11. The van der Waals surface area contributed by atoms with Gasteiger partial charge in [-0.1, -0.05) is 53.4 Å². The molecule has 0 spiro atoms. The zero-order chi connectivity index (χ0) is 22.8. The number of nitrogens with zero attached hydrogens (tertiary/aromatic N) is 3. The van der Waals surface area contributed by atoms with Crippen molar-refractivity contribution in [1.29, 1.82) is 0 Å². The van der Waals surface area contributed by atoms with Gasteiger partial charge in [0.15, 0.2) is 15.8 Å². The summed E-state index contributed by atoms with van der Waals surface area (Å²) in [7, 11) is 0. The Bertz CT molecular complexity index is 1060. The van der Waals surface area contributed by atoms with E-state index in [9.17, 15) is 4.79 Å². The smallest absolute Gasteiger partial charge is 0.250 e. The van der Waals surface area contributed by atoms with E-state index >= 15 is 0 Å². The number of nitrogens with one attached hydrogen (secondary N) is 1. The molecule has 0 bridgehead atoms. The summed E-state index contributed by atoms with van der Waals surface area (Å²) in [5.41, 5.74) is 9.97. The van der Waals surface area contributed by atoms with E-state index in [0.717, 1.165) is 16.5 Å². The molecule has 0 aliphatic heterocycles. The molecule has 168 valence electrons. The number of ether oxygens (including phenoxy) is 2. The highest BCUT2D eigenvalue weighted by Gasteiger charge is 2.12. The van der Waals surface area contributed by atoms with Gasteiger partial charge in [-0.05, 0) is 46.1 Å². The zero-order valence-electron chi connectivity index (χ0n) is 17.3. The van der Waals surface area contributed by atoms with Crippen molar-refractivity contribution < 1.29 is 14.3 Å². The third-order valence-electron chi connectivity index (χ3n) is 3.96. The van der Waals surface area contributed by atoms with Crippen LogP contribution in [0.15, 0.2) is 56.4 Å². The van der Waals surface area contributed by atoms with E-state index < -0.39 is 0 Å². The molecule has 0 atom stereocenters. The lowest BCUT2D eigenvalue weighted by Crippen LogP contribution is -2.19. The molecule has 0 unspecified atom stereocenters. The normalized spacial score (nSPS) is 10.9. The summed E-state index contributed by atoms with van der Waals surface area (Å²) in [4.78, 5) is 12.0. The van der Waals surface area contributed by atoms with Crippen LogP contribution in [0.25, 0.3) is 0 Å². The number of aromatic nitrogens is 2. The van der Waals surface area contributed by atoms with Gasteiger partial charge in [0.05, 0.1) is 29.7 Å². The molecule has 3 aromatic rings. The van der Waals surface area contributed by atoms with Crippen LogP contribution in [0.3, 0.4) is 0 Å². The third-order valence-corrected chi connectivity index (χ3v) is 6.44. The van der Waals surface area contributed by atoms with E-state index in [-0.39, 0.29) is 11.7 Å². The highest BCUT2D eigenvalue weighted by atomic mass is 79.9. The number of hydrazone groups is 1. The fourth-order valence-electron chi connectivity index (χ4n) is 2.60. The van der Waals surface area contributed by atoms with Crippen LogP contribution in [0, 0.1) is 0 Å². The molecule has 3 N–H and O–H groups in total. The average molecular weight is 536 g/mol. The van der Waals surface area contributed by atoms with Crippen LogP contribution >= 0.6 is 39.0 Å². The maximum Gasteiger partial charge on any atom is 0.250 e. The van der Waals surface area contributed by atoms with E-state index in [1.54, 1.807) is 6.21 Å². The first-order chi connectivity index (χ1) is 15.5. The fourth-order valence-corrected chi connectivity index (χ4v) is 4.60. The number of amides is 1. The number of benzene rings is 2. The predicted molar refractivity (Wildman–Crippen MR) is 132 cm³/mol. The van der Waals surface area contributed by atoms with Crippen molar-refractivity contribution in [2.24, 2.45) is 5.10 Å². The predicted octanol–water partition coefficient (Wildman–Crippen LogP) is 4.15. The third kappa shape index (κ3) is 7.50. The number of carbonyl (C=O) groups is 1. The second-order valence-electron chi connectivity index (χ2n) is 6.34. The molecule has 0 aliphatic rings. The molecule has 0 saturated carbocycles. The Balaban J connectivity index is 1.57. The number of carbonyl (C=O) groups excluding carboxylic acids is 1. The van der Waals surface area contributed by atoms with E-state index in [1.165, 1.54) is 28.7 Å². The first-order valence-electron chi connectivity index (χ1n) is 9.72. The Morgan fingerprint density at radius 2 is 2.09 bits per heavy atom. The Morgan fingerprint density at radius 3 is 2.81 bits per heavy atom. The minimum Gasteiger partial charge on any atom is -0.490 e. The maximum atomic E-state index is 12.0. The lowest BCUT2D eigenvalue weighted by atomic mass is 10.2. The van der Waals surface area contributed by atoms with E-state index in [2.05, 4.69) is 48.8 Å². The molecule has 0 aliphatic carbocycles. The quantitative estimate of drug-likeness (QED) is 0.215. The van der Waals surface area contributed by atoms with E-state index in [0.29, 0.717) is 34.2 Å². The Morgan fingerprint density at radius 1 is 1.28 bits per heavy atom. The Labute approximate surface area is 202 Å². The average Bonchev–Trinajstić information content (AvgIpc) is 3.20. The Hall–Kier alpha value is -2.63. The van der Waals surface area contributed by atoms with Crippen molar-refractivity contribution in [1.82, 2.24) is 15.6 Å². The lowest BCUT2D eigenvalue weighted by Gasteiger charge is -2.14. The molecule has 11 heteroatoms. The molecule has 32 heavy (non-hydrogen) atoms. The second kappa shape index (κ2) is 12.4. The molecule has 1 heterocycles. The molecule has 0 saturated heterocycles. The van der Waals surface area contributed by atoms with Gasteiger partial charge in [0.1, 0.15) is 0 Å². The molecule has 3 rings (SSSR count). The summed E-state index contributed by atoms with van der Waals surface area (Å²) >= 11 is 6.03. The van der Waals surface area contributed by atoms with E-state index in [1.807, 2.05) is 37.3 Å². The summed E-state index contributed by atoms with van der Waals surface area (Å²) in [5, 5.41) is 12.0. The summed E-state index contributed by atoms with van der Waals surface area (Å²) in [5.74, 6) is 1.14. The zero-order valence-corrected chi connectivity index (χ0v) is 20.5. The van der Waals surface area contributed by atoms with Gasteiger partial charge >= 0.3 is 0 Å². The van der Waals surface area contributed by atoms with Gasteiger partial charge in [0.2, 0.25) is 5.13 Å². The molecule has 8 nitrogen and oxygen atoms in total. The van der Waals surface area contributed by atoms with E-state index in [4.69, 9.17) is 15.2 Å². The van der Waals surface area contributed by atoms with Crippen molar-refractivity contribution in [2.75, 3.05) is 24.7 Å². The van der Waals surface area contributed by atoms with Gasteiger partial charge in [0, 0.05) is 6.42 Å². The standard InChI is InChI=1S/C21H22BrN5O3S2/c1-2-29-17-11-15(12-24-25-18(28)13-31-21-27-26-20(23)32-21)10-16(22)19(17)30-9-8-14-6-4-3-5-7-14/h3-7,10-12H,2,8-9,13H2,1H3,(H2,23,26)(H,25,28). The number of nitrogen functional groups attached to an aromatic ring is 1. The fraction of sp³-hybridized carbons (Fsp3) is 0.238. The van der Waals surface area contributed by atoms with Crippen molar-refractivity contribution in [3.8, 4) is 11.5 Å². The molecule has 2 aromatic carbocycles. The van der Waals surface area contributed by atoms with Gasteiger partial charge < -0.3 is 15.2 Å². The molecule has 1 aromatic heterocycles. The first-order valence-corrected chi connectivity index (χ1v) is 12.3. The largest absolute Gasteiger partial charge is 0.490 e. The number of halogens is 1. The molecular formula is C21H22BrN5O3S2. The van der Waals surface area contributed by atoms with Crippen LogP contribution in [0.5, 0.6) is 11.5 Å². The first kappa shape index (κ1) is 24.0. The summed E-state index contributed by atoms with van der Waals surface area (Å²) in [6, 6.07) is 13.8. The number of thioether (sulfide) groups is 1. The number of nitrogens with two attached hydrogens (primary N) is 1. The van der Waals surface area contributed by atoms with Gasteiger partial charge in [-0.15, -0.1) is 10.2 Å². The number of anilines is 1. The highest BCUT2D eigenvalue weighted by Crippen LogP contribution is 2.36. The van der Waals surface area contributed by atoms with Crippen LogP contribution < -0.4 is 20.6 Å². The summed E-state index contributed by atoms with van der Waals surface area (Å²) in [6.07, 6.45) is 2.34. The number of hydrogen-bond acceptors (Lipinski definition) is 9. The lowest BCUT2D eigenvalue weighted by molar-refractivity contribution is -0.118. The van der Waals surface area contributed by atoms with Crippen molar-refractivity contribution in [2.45, 2.75) is 17.7 Å². The van der Waals surface area contributed by atoms with Crippen LogP contribution in [-0.2, 0) is 11.2 Å². The number of hydrogen-bond donors (Lipinski definition) is 2. The minimum atomic E-state index is -0.259. The highest BCUT2D eigenvalue weighted by molar-refractivity contribution is 9.10.